The van der Waals surface area contributed by atoms with Gasteiger partial charge >= 0.3 is 11.9 Å². The number of carbonyl (C=O) groups is 3. The molecule has 22 heavy (non-hydrogen) atoms. The number of aromatic nitrogens is 1. The topological polar surface area (TPSA) is 108 Å². The number of amides is 1. The van der Waals surface area contributed by atoms with Gasteiger partial charge in [0.05, 0.1) is 11.5 Å². The van der Waals surface area contributed by atoms with E-state index in [1.807, 2.05) is 0 Å². The van der Waals surface area contributed by atoms with Crippen LogP contribution in [0.1, 0.15) is 19.1 Å². The van der Waals surface area contributed by atoms with Gasteiger partial charge in [-0.1, -0.05) is 5.16 Å². The second-order valence-electron chi connectivity index (χ2n) is 4.83. The molecule has 1 saturated heterocycles. The third-order valence-corrected chi connectivity index (χ3v) is 3.65. The SMILES string of the molecule is Cc1cc(NC(=O)CSCC(=O)O[C@@H]2C[C@H](C)OC2=O)no1. The fourth-order valence-corrected chi connectivity index (χ4v) is 2.43. The van der Waals surface area contributed by atoms with Crippen LogP contribution in [0.5, 0.6) is 0 Å². The van der Waals surface area contributed by atoms with E-state index >= 15 is 0 Å². The molecule has 1 amide bonds. The number of nitrogens with one attached hydrogen (secondary N) is 1. The van der Waals surface area contributed by atoms with E-state index in [4.69, 9.17) is 14.0 Å². The minimum absolute atomic E-state index is 0.0244. The molecule has 0 aliphatic carbocycles. The molecule has 0 unspecified atom stereocenters. The van der Waals surface area contributed by atoms with Gasteiger partial charge in [-0.05, 0) is 13.8 Å². The number of hydrogen-bond acceptors (Lipinski definition) is 8. The lowest BCUT2D eigenvalue weighted by Crippen LogP contribution is -2.24. The summed E-state index contributed by atoms with van der Waals surface area (Å²) in [6.07, 6.45) is -0.717. The molecule has 1 aromatic rings. The van der Waals surface area contributed by atoms with Crippen LogP contribution in [0.3, 0.4) is 0 Å². The number of hydrogen-bond donors (Lipinski definition) is 1. The van der Waals surface area contributed by atoms with Crippen LogP contribution >= 0.6 is 11.8 Å². The maximum Gasteiger partial charge on any atom is 0.347 e. The Hall–Kier alpha value is -2.03. The number of carbonyl (C=O) groups excluding carboxylic acids is 3. The molecule has 1 aromatic heterocycles. The van der Waals surface area contributed by atoms with Gasteiger partial charge in [0, 0.05) is 12.5 Å². The Morgan fingerprint density at radius 3 is 2.86 bits per heavy atom. The first-order chi connectivity index (χ1) is 10.4. The van der Waals surface area contributed by atoms with Gasteiger partial charge in [-0.15, -0.1) is 11.8 Å². The maximum absolute atomic E-state index is 11.6. The number of esters is 2. The summed E-state index contributed by atoms with van der Waals surface area (Å²) in [5, 5.41) is 6.16. The van der Waals surface area contributed by atoms with Crippen molar-refractivity contribution in [2.45, 2.75) is 32.5 Å². The molecule has 8 nitrogen and oxygen atoms in total. The number of thioether (sulfide) groups is 1. The summed E-state index contributed by atoms with van der Waals surface area (Å²) in [6, 6.07) is 1.59. The van der Waals surface area contributed by atoms with Crippen molar-refractivity contribution in [3.63, 3.8) is 0 Å². The number of nitrogens with zero attached hydrogens (tertiary/aromatic N) is 1. The highest BCUT2D eigenvalue weighted by molar-refractivity contribution is 8.00. The van der Waals surface area contributed by atoms with Crippen LogP contribution in [0.4, 0.5) is 5.82 Å². The summed E-state index contributed by atoms with van der Waals surface area (Å²) in [5.74, 6) is -0.427. The Bertz CT molecular complexity index is 573. The van der Waals surface area contributed by atoms with E-state index in [0.29, 0.717) is 18.0 Å². The van der Waals surface area contributed by atoms with Crippen LogP contribution in [0.2, 0.25) is 0 Å². The Kier molecular flexibility index (Phi) is 5.42. The first-order valence-corrected chi connectivity index (χ1v) is 7.80. The number of rotatable bonds is 6. The largest absolute Gasteiger partial charge is 0.460 e. The smallest absolute Gasteiger partial charge is 0.347 e. The Balaban J connectivity index is 1.64. The van der Waals surface area contributed by atoms with Crippen molar-refractivity contribution in [3.8, 4) is 0 Å². The molecule has 9 heteroatoms. The summed E-state index contributed by atoms with van der Waals surface area (Å²) < 4.78 is 14.7. The van der Waals surface area contributed by atoms with Crippen LogP contribution in [0, 0.1) is 6.92 Å². The molecule has 1 fully saturated rings. The lowest BCUT2D eigenvalue weighted by molar-refractivity contribution is -0.159. The first kappa shape index (κ1) is 16.3. The molecule has 2 atom stereocenters. The van der Waals surface area contributed by atoms with Gasteiger partial charge in [0.1, 0.15) is 11.9 Å². The number of ether oxygens (including phenoxy) is 2. The zero-order valence-corrected chi connectivity index (χ0v) is 13.0. The van der Waals surface area contributed by atoms with Crippen molar-refractivity contribution >= 4 is 35.4 Å². The van der Waals surface area contributed by atoms with Crippen molar-refractivity contribution in [3.05, 3.63) is 11.8 Å². The molecule has 0 radical (unpaired) electrons. The van der Waals surface area contributed by atoms with Crippen molar-refractivity contribution < 1.29 is 28.4 Å². The molecule has 2 heterocycles. The van der Waals surface area contributed by atoms with E-state index in [-0.39, 0.29) is 23.5 Å². The number of cyclic esters (lactones) is 1. The molecule has 120 valence electrons. The Morgan fingerprint density at radius 1 is 1.50 bits per heavy atom. The standard InChI is InChI=1S/C13H16N2O6S/c1-7-3-9(13(18)19-7)20-12(17)6-22-5-11(16)14-10-4-8(2)21-15-10/h4,7,9H,3,5-6H2,1-2H3,(H,14,15,16)/t7-,9+/m0/s1. The van der Waals surface area contributed by atoms with Crippen LogP contribution in [-0.2, 0) is 23.9 Å². The molecular formula is C13H16N2O6S. The van der Waals surface area contributed by atoms with Crippen molar-refractivity contribution in [2.24, 2.45) is 0 Å². The third kappa shape index (κ3) is 4.76. The highest BCUT2D eigenvalue weighted by atomic mass is 32.2. The van der Waals surface area contributed by atoms with Gasteiger partial charge in [0.15, 0.2) is 5.82 Å². The van der Waals surface area contributed by atoms with Crippen LogP contribution < -0.4 is 5.32 Å². The minimum atomic E-state index is -0.838. The predicted octanol–water partition coefficient (Wildman–Crippen LogP) is 0.902. The molecule has 1 aliphatic rings. The van der Waals surface area contributed by atoms with Gasteiger partial charge in [0.25, 0.3) is 0 Å². The fraction of sp³-hybridized carbons (Fsp3) is 0.538. The van der Waals surface area contributed by atoms with Crippen LogP contribution in [0.25, 0.3) is 0 Å². The van der Waals surface area contributed by atoms with Crippen molar-refractivity contribution in [2.75, 3.05) is 16.8 Å². The zero-order valence-electron chi connectivity index (χ0n) is 12.2. The molecule has 0 aromatic carbocycles. The summed E-state index contributed by atoms with van der Waals surface area (Å²) in [6.45, 7) is 3.44. The van der Waals surface area contributed by atoms with Gasteiger partial charge in [-0.3, -0.25) is 9.59 Å². The lowest BCUT2D eigenvalue weighted by atomic mass is 10.2. The predicted molar refractivity (Wildman–Crippen MR) is 77.2 cm³/mol. The summed E-state index contributed by atoms with van der Waals surface area (Å²) in [7, 11) is 0. The normalized spacial score (nSPS) is 20.5. The summed E-state index contributed by atoms with van der Waals surface area (Å²) in [5.41, 5.74) is 0. The zero-order chi connectivity index (χ0) is 16.1. The average Bonchev–Trinajstić information content (AvgIpc) is 2.95. The molecule has 0 saturated carbocycles. The highest BCUT2D eigenvalue weighted by Gasteiger charge is 2.34. The monoisotopic (exact) mass is 328 g/mol. The highest BCUT2D eigenvalue weighted by Crippen LogP contribution is 2.18. The molecule has 1 aliphatic heterocycles. The van der Waals surface area contributed by atoms with E-state index in [0.717, 1.165) is 11.8 Å². The van der Waals surface area contributed by atoms with Crippen LogP contribution in [-0.4, -0.2) is 46.7 Å². The number of aryl methyl sites for hydroxylation is 1. The van der Waals surface area contributed by atoms with Gasteiger partial charge in [-0.2, -0.15) is 0 Å². The van der Waals surface area contributed by atoms with Gasteiger partial charge in [0.2, 0.25) is 12.0 Å². The molecule has 0 bridgehead atoms. The maximum atomic E-state index is 11.6. The van der Waals surface area contributed by atoms with E-state index in [1.165, 1.54) is 0 Å². The summed E-state index contributed by atoms with van der Waals surface area (Å²) >= 11 is 1.08. The van der Waals surface area contributed by atoms with E-state index < -0.39 is 18.0 Å². The Morgan fingerprint density at radius 2 is 2.27 bits per heavy atom. The second kappa shape index (κ2) is 7.30. The van der Waals surface area contributed by atoms with Gasteiger partial charge in [-0.25, -0.2) is 4.79 Å². The quantitative estimate of drug-likeness (QED) is 0.768. The van der Waals surface area contributed by atoms with E-state index in [1.54, 1.807) is 19.9 Å². The minimum Gasteiger partial charge on any atom is -0.460 e. The van der Waals surface area contributed by atoms with Gasteiger partial charge < -0.3 is 19.3 Å². The van der Waals surface area contributed by atoms with Crippen molar-refractivity contribution in [1.82, 2.24) is 5.16 Å². The second-order valence-corrected chi connectivity index (χ2v) is 5.81. The molecule has 2 rings (SSSR count). The first-order valence-electron chi connectivity index (χ1n) is 6.65. The van der Waals surface area contributed by atoms with Crippen molar-refractivity contribution in [1.29, 1.82) is 0 Å². The van der Waals surface area contributed by atoms with E-state index in [9.17, 15) is 14.4 Å². The summed E-state index contributed by atoms with van der Waals surface area (Å²) in [4.78, 5) is 34.5. The van der Waals surface area contributed by atoms with E-state index in [2.05, 4.69) is 10.5 Å². The molecular weight excluding hydrogens is 312 g/mol. The Labute approximate surface area is 130 Å². The average molecular weight is 328 g/mol. The fourth-order valence-electron chi connectivity index (χ4n) is 1.84. The van der Waals surface area contributed by atoms with Crippen LogP contribution in [0.15, 0.2) is 10.6 Å². The lowest BCUT2D eigenvalue weighted by Gasteiger charge is -2.07. The number of anilines is 1. The molecule has 1 N–H and O–H groups in total. The third-order valence-electron chi connectivity index (χ3n) is 2.75. The molecule has 0 spiro atoms.